The van der Waals surface area contributed by atoms with Gasteiger partial charge in [0.1, 0.15) is 11.3 Å². The van der Waals surface area contributed by atoms with Gasteiger partial charge in [-0.2, -0.15) is 0 Å². The summed E-state index contributed by atoms with van der Waals surface area (Å²) in [7, 11) is 8.66. The van der Waals surface area contributed by atoms with E-state index in [0.717, 1.165) is 42.8 Å². The van der Waals surface area contributed by atoms with Gasteiger partial charge in [-0.3, -0.25) is 0 Å². The Kier molecular flexibility index (Phi) is 7.32. The van der Waals surface area contributed by atoms with E-state index < -0.39 is 5.97 Å². The number of carbonyl (C=O) groups is 1. The van der Waals surface area contributed by atoms with Crippen LogP contribution < -0.4 is 5.32 Å². The van der Waals surface area contributed by atoms with E-state index in [0.29, 0.717) is 0 Å². The standard InChI is InChI=1S/C17H29N3O3/c1-19(2)10-6-12-20(3,4)11-5-9-18-14-7-8-15(17(22)23)16(21)13-14/h7-8,13,18H,5-6,9-12H2,1-4H3,(H-,21,22,23)/p+1. The number of nitrogens with one attached hydrogen (secondary N) is 1. The van der Waals surface area contributed by atoms with Crippen molar-refractivity contribution in [2.24, 2.45) is 0 Å². The zero-order valence-electron chi connectivity index (χ0n) is 14.7. The summed E-state index contributed by atoms with van der Waals surface area (Å²) in [4.78, 5) is 13.0. The first kappa shape index (κ1) is 19.3. The first-order valence-electron chi connectivity index (χ1n) is 7.98. The maximum Gasteiger partial charge on any atom is 0.339 e. The van der Waals surface area contributed by atoms with E-state index in [2.05, 4.69) is 38.4 Å². The van der Waals surface area contributed by atoms with Gasteiger partial charge in [0.15, 0.2) is 0 Å². The van der Waals surface area contributed by atoms with E-state index in [4.69, 9.17) is 5.11 Å². The molecule has 0 amide bonds. The Labute approximate surface area is 138 Å². The smallest absolute Gasteiger partial charge is 0.339 e. The van der Waals surface area contributed by atoms with Gasteiger partial charge in [-0.05, 0) is 26.2 Å². The van der Waals surface area contributed by atoms with Crippen LogP contribution in [0.15, 0.2) is 18.2 Å². The number of aromatic carboxylic acids is 1. The van der Waals surface area contributed by atoms with E-state index in [-0.39, 0.29) is 11.3 Å². The second-order valence-electron chi connectivity index (χ2n) is 6.86. The minimum Gasteiger partial charge on any atom is -0.507 e. The molecular formula is C17H30N3O3+. The topological polar surface area (TPSA) is 72.8 Å². The van der Waals surface area contributed by atoms with Crippen LogP contribution in [-0.4, -0.2) is 79.9 Å². The van der Waals surface area contributed by atoms with Crippen LogP contribution in [0.2, 0.25) is 0 Å². The Morgan fingerprint density at radius 3 is 2.43 bits per heavy atom. The number of nitrogens with zero attached hydrogens (tertiary/aromatic N) is 2. The average molecular weight is 324 g/mol. The minimum absolute atomic E-state index is 0.0748. The summed E-state index contributed by atoms with van der Waals surface area (Å²) in [5.41, 5.74) is 0.666. The minimum atomic E-state index is -1.12. The van der Waals surface area contributed by atoms with Crippen molar-refractivity contribution in [2.45, 2.75) is 12.8 Å². The highest BCUT2D eigenvalue weighted by Crippen LogP contribution is 2.21. The highest BCUT2D eigenvalue weighted by Gasteiger charge is 2.14. The fraction of sp³-hybridized carbons (Fsp3) is 0.588. The van der Waals surface area contributed by atoms with Crippen molar-refractivity contribution in [3.05, 3.63) is 23.8 Å². The van der Waals surface area contributed by atoms with Crippen molar-refractivity contribution in [3.63, 3.8) is 0 Å². The van der Waals surface area contributed by atoms with E-state index in [1.165, 1.54) is 18.6 Å². The Balaban J connectivity index is 2.34. The number of carboxylic acid groups (broad SMARTS) is 1. The van der Waals surface area contributed by atoms with Crippen molar-refractivity contribution in [1.29, 1.82) is 0 Å². The van der Waals surface area contributed by atoms with Crippen LogP contribution >= 0.6 is 0 Å². The summed E-state index contributed by atoms with van der Waals surface area (Å²) >= 11 is 0. The van der Waals surface area contributed by atoms with E-state index >= 15 is 0 Å². The third kappa shape index (κ3) is 7.34. The van der Waals surface area contributed by atoms with Gasteiger partial charge < -0.3 is 24.9 Å². The molecule has 1 aromatic carbocycles. The van der Waals surface area contributed by atoms with Crippen LogP contribution in [0.5, 0.6) is 5.75 Å². The van der Waals surface area contributed by atoms with E-state index in [1.807, 2.05) is 0 Å². The quantitative estimate of drug-likeness (QED) is 0.453. The molecule has 1 rings (SSSR count). The van der Waals surface area contributed by atoms with Gasteiger partial charge in [-0.15, -0.1) is 0 Å². The molecule has 0 heterocycles. The van der Waals surface area contributed by atoms with Crippen LogP contribution in [0.25, 0.3) is 0 Å². The molecule has 3 N–H and O–H groups in total. The maximum absolute atomic E-state index is 10.8. The Hall–Kier alpha value is -1.79. The number of rotatable bonds is 10. The molecule has 130 valence electrons. The van der Waals surface area contributed by atoms with E-state index in [9.17, 15) is 9.90 Å². The number of quaternary nitrogens is 1. The molecule has 0 atom stereocenters. The normalized spacial score (nSPS) is 11.7. The molecule has 0 aliphatic rings. The molecule has 0 bridgehead atoms. The van der Waals surface area contributed by atoms with Crippen molar-refractivity contribution in [2.75, 3.05) is 59.7 Å². The monoisotopic (exact) mass is 324 g/mol. The Bertz CT molecular complexity index is 516. The van der Waals surface area contributed by atoms with Crippen molar-refractivity contribution < 1.29 is 19.5 Å². The summed E-state index contributed by atoms with van der Waals surface area (Å²) < 4.78 is 0.985. The molecule has 0 aliphatic heterocycles. The van der Waals surface area contributed by atoms with Gasteiger partial charge in [0.05, 0.1) is 27.2 Å². The van der Waals surface area contributed by atoms with Gasteiger partial charge in [0.2, 0.25) is 0 Å². The van der Waals surface area contributed by atoms with Gasteiger partial charge >= 0.3 is 5.97 Å². The molecule has 0 saturated carbocycles. The fourth-order valence-electron chi connectivity index (χ4n) is 2.49. The SMILES string of the molecule is CN(C)CCC[N+](C)(C)CCCNc1ccc(C(=O)O)c(O)c1. The van der Waals surface area contributed by atoms with Gasteiger partial charge in [0.25, 0.3) is 0 Å². The first-order chi connectivity index (χ1) is 10.7. The number of anilines is 1. The predicted molar refractivity (Wildman–Crippen MR) is 93.2 cm³/mol. The van der Waals surface area contributed by atoms with Crippen LogP contribution in [0.4, 0.5) is 5.69 Å². The van der Waals surface area contributed by atoms with E-state index in [1.54, 1.807) is 6.07 Å². The number of hydrogen-bond donors (Lipinski definition) is 3. The first-order valence-corrected chi connectivity index (χ1v) is 7.98. The molecule has 23 heavy (non-hydrogen) atoms. The number of aromatic hydroxyl groups is 1. The highest BCUT2D eigenvalue weighted by atomic mass is 16.4. The van der Waals surface area contributed by atoms with Gasteiger partial charge in [-0.1, -0.05) is 0 Å². The summed E-state index contributed by atoms with van der Waals surface area (Å²) in [5, 5.41) is 21.8. The Morgan fingerprint density at radius 1 is 1.22 bits per heavy atom. The van der Waals surface area contributed by atoms with Crippen molar-refractivity contribution >= 4 is 11.7 Å². The highest BCUT2D eigenvalue weighted by molar-refractivity contribution is 5.91. The third-order valence-electron chi connectivity index (χ3n) is 3.87. The number of carboxylic acids is 1. The van der Waals surface area contributed by atoms with Crippen molar-refractivity contribution in [1.82, 2.24) is 4.90 Å². The maximum atomic E-state index is 10.8. The lowest BCUT2D eigenvalue weighted by Crippen LogP contribution is -2.42. The lowest BCUT2D eigenvalue weighted by Gasteiger charge is -2.30. The second-order valence-corrected chi connectivity index (χ2v) is 6.86. The van der Waals surface area contributed by atoms with Crippen LogP contribution in [0, 0.1) is 0 Å². The molecule has 0 saturated heterocycles. The Morgan fingerprint density at radius 2 is 1.87 bits per heavy atom. The number of hydrogen-bond acceptors (Lipinski definition) is 4. The lowest BCUT2D eigenvalue weighted by atomic mass is 10.2. The molecule has 0 fully saturated rings. The van der Waals surface area contributed by atoms with Crippen LogP contribution in [-0.2, 0) is 0 Å². The molecule has 0 unspecified atom stereocenters. The molecule has 6 heteroatoms. The number of benzene rings is 1. The predicted octanol–water partition coefficient (Wildman–Crippen LogP) is 1.92. The summed E-state index contributed by atoms with van der Waals surface area (Å²) in [5.74, 6) is -1.33. The summed E-state index contributed by atoms with van der Waals surface area (Å²) in [6, 6.07) is 4.56. The average Bonchev–Trinajstić information content (AvgIpc) is 2.42. The number of phenols is 1. The largest absolute Gasteiger partial charge is 0.507 e. The van der Waals surface area contributed by atoms with Crippen LogP contribution in [0.1, 0.15) is 23.2 Å². The fourth-order valence-corrected chi connectivity index (χ4v) is 2.49. The second kappa shape index (κ2) is 8.74. The van der Waals surface area contributed by atoms with Crippen LogP contribution in [0.3, 0.4) is 0 Å². The molecule has 0 aromatic heterocycles. The van der Waals surface area contributed by atoms with Crippen molar-refractivity contribution in [3.8, 4) is 5.75 Å². The molecule has 6 nitrogen and oxygen atoms in total. The summed E-state index contributed by atoms with van der Waals surface area (Å²) in [6.45, 7) is 4.11. The molecule has 0 spiro atoms. The zero-order chi connectivity index (χ0) is 17.5. The molecule has 0 radical (unpaired) electrons. The third-order valence-corrected chi connectivity index (χ3v) is 3.87. The lowest BCUT2D eigenvalue weighted by molar-refractivity contribution is -0.890. The molecular weight excluding hydrogens is 294 g/mol. The molecule has 1 aromatic rings. The summed E-state index contributed by atoms with van der Waals surface area (Å²) in [6.07, 6.45) is 2.19. The van der Waals surface area contributed by atoms with Gasteiger partial charge in [0, 0.05) is 37.7 Å². The zero-order valence-corrected chi connectivity index (χ0v) is 14.7. The van der Waals surface area contributed by atoms with Gasteiger partial charge in [-0.25, -0.2) is 4.79 Å². The molecule has 0 aliphatic carbocycles.